The fraction of sp³-hybridized carbons (Fsp3) is 0.611. The second kappa shape index (κ2) is 10.9. The van der Waals surface area contributed by atoms with Gasteiger partial charge in [-0.3, -0.25) is 4.99 Å². The molecule has 130 valence electrons. The summed E-state index contributed by atoms with van der Waals surface area (Å²) in [5.74, 6) is 0.878. The number of rotatable bonds is 6. The first-order chi connectivity index (χ1) is 10.7. The van der Waals surface area contributed by atoms with E-state index in [-0.39, 0.29) is 24.0 Å². The number of guanidine groups is 1. The number of nitrogens with zero attached hydrogens (tertiary/aromatic N) is 2. The molecule has 1 aromatic carbocycles. The third-order valence-electron chi connectivity index (χ3n) is 4.64. The maximum Gasteiger partial charge on any atom is 0.191 e. The molecule has 23 heavy (non-hydrogen) atoms. The van der Waals surface area contributed by atoms with Crippen LogP contribution in [0.1, 0.15) is 36.8 Å². The monoisotopic (exact) mass is 430 g/mol. The predicted octanol–water partition coefficient (Wildman–Crippen LogP) is 3.15. The lowest BCUT2D eigenvalue weighted by atomic mass is 10.1. The van der Waals surface area contributed by atoms with Crippen LogP contribution in [0.5, 0.6) is 0 Å². The zero-order valence-electron chi connectivity index (χ0n) is 14.6. The Morgan fingerprint density at radius 1 is 1.22 bits per heavy atom. The summed E-state index contributed by atoms with van der Waals surface area (Å²) >= 11 is 0. The first-order valence-electron chi connectivity index (χ1n) is 8.40. The zero-order valence-corrected chi connectivity index (χ0v) is 17.0. The molecule has 0 aliphatic heterocycles. The van der Waals surface area contributed by atoms with Crippen LogP contribution in [-0.4, -0.2) is 44.1 Å². The van der Waals surface area contributed by atoms with Gasteiger partial charge in [0.1, 0.15) is 0 Å². The molecule has 0 saturated heterocycles. The number of likely N-dealkylation sites (N-methyl/N-ethyl adjacent to an activating group) is 1. The molecule has 0 radical (unpaired) electrons. The Balaban J connectivity index is 0.00000264. The van der Waals surface area contributed by atoms with Crippen molar-refractivity contribution in [2.24, 2.45) is 4.99 Å². The van der Waals surface area contributed by atoms with E-state index in [9.17, 15) is 0 Å². The van der Waals surface area contributed by atoms with Crippen molar-refractivity contribution in [3.63, 3.8) is 0 Å². The third-order valence-corrected chi connectivity index (χ3v) is 4.64. The number of aryl methyl sites for hydroxylation is 1. The van der Waals surface area contributed by atoms with E-state index in [0.29, 0.717) is 0 Å². The number of hydrogen-bond acceptors (Lipinski definition) is 2. The zero-order chi connectivity index (χ0) is 15.8. The van der Waals surface area contributed by atoms with Gasteiger partial charge in [-0.1, -0.05) is 37.1 Å². The Bertz CT molecular complexity index is 484. The minimum Gasteiger partial charge on any atom is -0.355 e. The van der Waals surface area contributed by atoms with Crippen LogP contribution in [0.15, 0.2) is 29.3 Å². The van der Waals surface area contributed by atoms with Crippen molar-refractivity contribution in [1.29, 1.82) is 0 Å². The van der Waals surface area contributed by atoms with Crippen molar-refractivity contribution in [3.8, 4) is 0 Å². The lowest BCUT2D eigenvalue weighted by Gasteiger charge is -2.24. The highest BCUT2D eigenvalue weighted by molar-refractivity contribution is 14.0. The smallest absolute Gasteiger partial charge is 0.191 e. The van der Waals surface area contributed by atoms with Crippen LogP contribution in [0.25, 0.3) is 0 Å². The minimum atomic E-state index is 0. The second-order valence-electron chi connectivity index (χ2n) is 6.20. The van der Waals surface area contributed by atoms with E-state index in [1.165, 1.54) is 36.8 Å². The highest BCUT2D eigenvalue weighted by atomic mass is 127. The van der Waals surface area contributed by atoms with E-state index in [2.05, 4.69) is 58.8 Å². The maximum absolute atomic E-state index is 4.30. The minimum absolute atomic E-state index is 0. The standard InChI is InChI=1S/C18H30N4.HI/c1-15-8-4-5-9-16(15)14-21-18(19-2)20-12-13-22(3)17-10-6-7-11-17;/h4-5,8-9,17H,6-7,10-14H2,1-3H3,(H2,19,20,21);1H. The molecular formula is C18H31IN4. The Kier molecular flexibility index (Phi) is 9.55. The second-order valence-corrected chi connectivity index (χ2v) is 6.20. The van der Waals surface area contributed by atoms with Crippen LogP contribution in [-0.2, 0) is 6.54 Å². The SMILES string of the molecule is CN=C(NCCN(C)C1CCCC1)NCc1ccccc1C.I. The van der Waals surface area contributed by atoms with E-state index in [4.69, 9.17) is 0 Å². The number of aliphatic imine (C=N–C) groups is 1. The first kappa shape index (κ1) is 20.2. The van der Waals surface area contributed by atoms with Crippen molar-refractivity contribution in [2.75, 3.05) is 27.2 Å². The summed E-state index contributed by atoms with van der Waals surface area (Å²) in [4.78, 5) is 6.78. The molecule has 0 atom stereocenters. The Morgan fingerprint density at radius 3 is 2.57 bits per heavy atom. The van der Waals surface area contributed by atoms with Gasteiger partial charge in [0.15, 0.2) is 5.96 Å². The van der Waals surface area contributed by atoms with Gasteiger partial charge in [-0.2, -0.15) is 0 Å². The topological polar surface area (TPSA) is 39.7 Å². The van der Waals surface area contributed by atoms with Crippen molar-refractivity contribution in [1.82, 2.24) is 15.5 Å². The van der Waals surface area contributed by atoms with Crippen LogP contribution >= 0.6 is 24.0 Å². The molecule has 1 aromatic rings. The summed E-state index contributed by atoms with van der Waals surface area (Å²) in [6, 6.07) is 9.23. The van der Waals surface area contributed by atoms with E-state index < -0.39 is 0 Å². The van der Waals surface area contributed by atoms with Crippen molar-refractivity contribution in [3.05, 3.63) is 35.4 Å². The van der Waals surface area contributed by atoms with E-state index in [1.54, 1.807) is 0 Å². The molecule has 1 aliphatic carbocycles. The Morgan fingerprint density at radius 2 is 1.91 bits per heavy atom. The van der Waals surface area contributed by atoms with E-state index in [1.807, 2.05) is 7.05 Å². The molecule has 0 amide bonds. The van der Waals surface area contributed by atoms with Gasteiger partial charge in [-0.05, 0) is 37.9 Å². The maximum atomic E-state index is 4.30. The molecule has 5 heteroatoms. The van der Waals surface area contributed by atoms with E-state index in [0.717, 1.165) is 31.6 Å². The predicted molar refractivity (Wildman–Crippen MR) is 110 cm³/mol. The highest BCUT2D eigenvalue weighted by Gasteiger charge is 2.18. The molecule has 0 spiro atoms. The molecule has 1 saturated carbocycles. The molecule has 2 N–H and O–H groups in total. The molecule has 0 heterocycles. The molecular weight excluding hydrogens is 399 g/mol. The normalized spacial score (nSPS) is 15.6. The number of hydrogen-bond donors (Lipinski definition) is 2. The largest absolute Gasteiger partial charge is 0.355 e. The van der Waals surface area contributed by atoms with Crippen molar-refractivity contribution < 1.29 is 0 Å². The quantitative estimate of drug-likeness (QED) is 0.414. The van der Waals surface area contributed by atoms with Gasteiger partial charge in [0.05, 0.1) is 0 Å². The first-order valence-corrected chi connectivity index (χ1v) is 8.40. The summed E-state index contributed by atoms with van der Waals surface area (Å²) in [6.07, 6.45) is 5.50. The molecule has 1 aliphatic rings. The van der Waals surface area contributed by atoms with Gasteiger partial charge in [0.25, 0.3) is 0 Å². The van der Waals surface area contributed by atoms with E-state index >= 15 is 0 Å². The molecule has 0 aromatic heterocycles. The average Bonchev–Trinajstić information content (AvgIpc) is 3.06. The summed E-state index contributed by atoms with van der Waals surface area (Å²) < 4.78 is 0. The van der Waals surface area contributed by atoms with Crippen molar-refractivity contribution in [2.45, 2.75) is 45.2 Å². The summed E-state index contributed by atoms with van der Waals surface area (Å²) in [7, 11) is 4.06. The lowest BCUT2D eigenvalue weighted by Crippen LogP contribution is -2.42. The Hall–Kier alpha value is -0.820. The molecule has 2 rings (SSSR count). The molecule has 1 fully saturated rings. The summed E-state index contributed by atoms with van der Waals surface area (Å²) in [5.41, 5.74) is 2.62. The summed E-state index contributed by atoms with van der Waals surface area (Å²) in [5, 5.41) is 6.80. The van der Waals surface area contributed by atoms with Gasteiger partial charge in [-0.15, -0.1) is 24.0 Å². The van der Waals surface area contributed by atoms with Crippen LogP contribution in [0.4, 0.5) is 0 Å². The number of halogens is 1. The molecule has 0 unspecified atom stereocenters. The lowest BCUT2D eigenvalue weighted by molar-refractivity contribution is 0.249. The fourth-order valence-electron chi connectivity index (χ4n) is 3.09. The third kappa shape index (κ3) is 6.67. The molecule has 0 bridgehead atoms. The highest BCUT2D eigenvalue weighted by Crippen LogP contribution is 2.21. The number of benzene rings is 1. The van der Waals surface area contributed by atoms with Gasteiger partial charge in [-0.25, -0.2) is 0 Å². The Labute approximate surface area is 158 Å². The van der Waals surface area contributed by atoms with Crippen LogP contribution in [0, 0.1) is 6.92 Å². The van der Waals surface area contributed by atoms with Crippen LogP contribution in [0.2, 0.25) is 0 Å². The van der Waals surface area contributed by atoms with Crippen molar-refractivity contribution >= 4 is 29.9 Å². The average molecular weight is 430 g/mol. The van der Waals surface area contributed by atoms with Gasteiger partial charge >= 0.3 is 0 Å². The fourth-order valence-corrected chi connectivity index (χ4v) is 3.09. The van der Waals surface area contributed by atoms with Crippen LogP contribution < -0.4 is 10.6 Å². The van der Waals surface area contributed by atoms with Crippen LogP contribution in [0.3, 0.4) is 0 Å². The van der Waals surface area contributed by atoms with Gasteiger partial charge < -0.3 is 15.5 Å². The van der Waals surface area contributed by atoms with Gasteiger partial charge in [0.2, 0.25) is 0 Å². The number of nitrogens with one attached hydrogen (secondary N) is 2. The summed E-state index contributed by atoms with van der Waals surface area (Å²) in [6.45, 7) is 4.95. The molecule has 4 nitrogen and oxygen atoms in total. The van der Waals surface area contributed by atoms with Gasteiger partial charge in [0, 0.05) is 32.7 Å².